The van der Waals surface area contributed by atoms with Crippen molar-refractivity contribution in [1.29, 1.82) is 0 Å². The van der Waals surface area contributed by atoms with Crippen molar-refractivity contribution in [3.05, 3.63) is 42.4 Å². The van der Waals surface area contributed by atoms with Crippen LogP contribution in [0.3, 0.4) is 0 Å². The number of ether oxygens (including phenoxy) is 1. The molecule has 2 rings (SSSR count). The van der Waals surface area contributed by atoms with E-state index in [9.17, 15) is 13.6 Å². The zero-order valence-electron chi connectivity index (χ0n) is 9.46. The van der Waals surface area contributed by atoms with E-state index in [4.69, 9.17) is 5.11 Å². The predicted octanol–water partition coefficient (Wildman–Crippen LogP) is 2.44. The number of carbonyl (C=O) groups is 1. The minimum absolute atomic E-state index is 0.0266. The molecule has 0 aliphatic heterocycles. The molecular formula is C12H8F2N2O3. The van der Waals surface area contributed by atoms with Gasteiger partial charge in [0.05, 0.1) is 5.69 Å². The summed E-state index contributed by atoms with van der Waals surface area (Å²) in [5.41, 5.74) is 0.00849. The van der Waals surface area contributed by atoms with Crippen LogP contribution in [0.4, 0.5) is 8.78 Å². The summed E-state index contributed by atoms with van der Waals surface area (Å²) in [6.45, 7) is -3.00. The molecule has 19 heavy (non-hydrogen) atoms. The molecule has 5 nitrogen and oxygen atoms in total. The maximum atomic E-state index is 12.3. The zero-order valence-corrected chi connectivity index (χ0v) is 9.46. The standard InChI is InChI=1S/C12H8F2N2O3/c13-12(14)19-9-4-2-1-3-7(9)10-8(11(17)18)5-15-6-16-10/h1-6,12H,(H,17,18). The first-order valence-electron chi connectivity index (χ1n) is 5.17. The number of aromatic nitrogens is 2. The van der Waals surface area contributed by atoms with Crippen molar-refractivity contribution in [2.45, 2.75) is 6.61 Å². The normalized spacial score (nSPS) is 10.5. The number of aromatic carboxylic acids is 1. The van der Waals surface area contributed by atoms with Crippen LogP contribution >= 0.6 is 0 Å². The van der Waals surface area contributed by atoms with E-state index < -0.39 is 12.6 Å². The Balaban J connectivity index is 2.56. The summed E-state index contributed by atoms with van der Waals surface area (Å²) in [6.07, 6.45) is 2.24. The SMILES string of the molecule is O=C(O)c1cncnc1-c1ccccc1OC(F)F. The Hall–Kier alpha value is -2.57. The highest BCUT2D eigenvalue weighted by atomic mass is 19.3. The third-order valence-electron chi connectivity index (χ3n) is 2.30. The molecule has 0 atom stereocenters. The number of carboxylic acid groups (broad SMARTS) is 1. The van der Waals surface area contributed by atoms with E-state index >= 15 is 0 Å². The number of hydrogen-bond acceptors (Lipinski definition) is 4. The molecule has 0 unspecified atom stereocenters. The molecule has 0 aliphatic rings. The Bertz CT molecular complexity index is 605. The van der Waals surface area contributed by atoms with Crippen LogP contribution in [0.25, 0.3) is 11.3 Å². The number of halogens is 2. The molecule has 0 spiro atoms. The number of para-hydroxylation sites is 1. The lowest BCUT2D eigenvalue weighted by Crippen LogP contribution is -2.06. The van der Waals surface area contributed by atoms with Crippen LogP contribution < -0.4 is 4.74 Å². The summed E-state index contributed by atoms with van der Waals surface area (Å²) in [4.78, 5) is 18.5. The molecule has 0 aliphatic carbocycles. The Morgan fingerprint density at radius 2 is 2.05 bits per heavy atom. The number of benzene rings is 1. The van der Waals surface area contributed by atoms with Crippen molar-refractivity contribution in [3.8, 4) is 17.0 Å². The van der Waals surface area contributed by atoms with Gasteiger partial charge < -0.3 is 9.84 Å². The highest BCUT2D eigenvalue weighted by molar-refractivity contribution is 5.95. The largest absolute Gasteiger partial charge is 0.478 e. The van der Waals surface area contributed by atoms with E-state index in [0.29, 0.717) is 0 Å². The second-order valence-corrected chi connectivity index (χ2v) is 3.46. The lowest BCUT2D eigenvalue weighted by molar-refractivity contribution is -0.0494. The molecule has 1 heterocycles. The second-order valence-electron chi connectivity index (χ2n) is 3.46. The van der Waals surface area contributed by atoms with Crippen LogP contribution in [0.5, 0.6) is 5.75 Å². The molecule has 0 fully saturated rings. The van der Waals surface area contributed by atoms with Crippen molar-refractivity contribution < 1.29 is 23.4 Å². The van der Waals surface area contributed by atoms with Gasteiger partial charge >= 0.3 is 12.6 Å². The van der Waals surface area contributed by atoms with Gasteiger partial charge in [0, 0.05) is 11.8 Å². The van der Waals surface area contributed by atoms with Crippen LogP contribution in [0, 0.1) is 0 Å². The topological polar surface area (TPSA) is 72.3 Å². The smallest absolute Gasteiger partial charge is 0.387 e. The summed E-state index contributed by atoms with van der Waals surface area (Å²) in [5.74, 6) is -1.39. The number of alkyl halides is 2. The Kier molecular flexibility index (Phi) is 3.65. The first-order valence-corrected chi connectivity index (χ1v) is 5.17. The van der Waals surface area contributed by atoms with E-state index in [-0.39, 0.29) is 22.6 Å². The molecule has 1 aromatic carbocycles. The first kappa shape index (κ1) is 12.9. The van der Waals surface area contributed by atoms with Gasteiger partial charge in [-0.15, -0.1) is 0 Å². The number of rotatable bonds is 4. The van der Waals surface area contributed by atoms with Crippen molar-refractivity contribution in [2.24, 2.45) is 0 Å². The lowest BCUT2D eigenvalue weighted by Gasteiger charge is -2.11. The summed E-state index contributed by atoms with van der Waals surface area (Å²) in [7, 11) is 0. The molecule has 0 radical (unpaired) electrons. The number of carboxylic acids is 1. The maximum absolute atomic E-state index is 12.3. The summed E-state index contributed by atoms with van der Waals surface area (Å²) >= 11 is 0. The number of hydrogen-bond donors (Lipinski definition) is 1. The molecule has 2 aromatic rings. The van der Waals surface area contributed by atoms with Crippen LogP contribution in [0.2, 0.25) is 0 Å². The number of nitrogens with zero attached hydrogens (tertiary/aromatic N) is 2. The monoisotopic (exact) mass is 266 g/mol. The summed E-state index contributed by atoms with van der Waals surface area (Å²) in [6, 6.07) is 5.84. The fraction of sp³-hybridized carbons (Fsp3) is 0.0833. The van der Waals surface area contributed by atoms with Crippen LogP contribution in [-0.4, -0.2) is 27.7 Å². The predicted molar refractivity (Wildman–Crippen MR) is 61.1 cm³/mol. The molecule has 1 N–H and O–H groups in total. The van der Waals surface area contributed by atoms with Gasteiger partial charge in [0.1, 0.15) is 17.6 Å². The van der Waals surface area contributed by atoms with E-state index in [1.54, 1.807) is 6.07 Å². The third kappa shape index (κ3) is 2.82. The van der Waals surface area contributed by atoms with Gasteiger partial charge in [-0.25, -0.2) is 14.8 Å². The zero-order chi connectivity index (χ0) is 13.8. The molecule has 1 aromatic heterocycles. The van der Waals surface area contributed by atoms with Gasteiger partial charge in [-0.05, 0) is 12.1 Å². The summed E-state index contributed by atoms with van der Waals surface area (Å²) in [5, 5.41) is 9.03. The maximum Gasteiger partial charge on any atom is 0.387 e. The van der Waals surface area contributed by atoms with Crippen molar-refractivity contribution in [1.82, 2.24) is 9.97 Å². The molecule has 0 amide bonds. The van der Waals surface area contributed by atoms with Crippen LogP contribution in [-0.2, 0) is 0 Å². The fourth-order valence-corrected chi connectivity index (χ4v) is 1.56. The van der Waals surface area contributed by atoms with Crippen molar-refractivity contribution >= 4 is 5.97 Å². The first-order chi connectivity index (χ1) is 9.09. The average molecular weight is 266 g/mol. The molecule has 0 saturated heterocycles. The van der Waals surface area contributed by atoms with Gasteiger partial charge in [0.2, 0.25) is 0 Å². The molecular weight excluding hydrogens is 258 g/mol. The van der Waals surface area contributed by atoms with Gasteiger partial charge in [0.15, 0.2) is 0 Å². The van der Waals surface area contributed by atoms with Crippen LogP contribution in [0.1, 0.15) is 10.4 Å². The van der Waals surface area contributed by atoms with Gasteiger partial charge in [-0.3, -0.25) is 0 Å². The Morgan fingerprint density at radius 3 is 2.74 bits per heavy atom. The fourth-order valence-electron chi connectivity index (χ4n) is 1.56. The lowest BCUT2D eigenvalue weighted by atomic mass is 10.1. The van der Waals surface area contributed by atoms with Gasteiger partial charge in [0.25, 0.3) is 0 Å². The minimum Gasteiger partial charge on any atom is -0.478 e. The Morgan fingerprint density at radius 1 is 1.32 bits per heavy atom. The van der Waals surface area contributed by atoms with Crippen LogP contribution in [0.15, 0.2) is 36.8 Å². The molecule has 98 valence electrons. The van der Waals surface area contributed by atoms with E-state index in [2.05, 4.69) is 14.7 Å². The summed E-state index contributed by atoms with van der Waals surface area (Å²) < 4.78 is 29.0. The van der Waals surface area contributed by atoms with Crippen molar-refractivity contribution in [3.63, 3.8) is 0 Å². The minimum atomic E-state index is -3.00. The third-order valence-corrected chi connectivity index (χ3v) is 2.30. The average Bonchev–Trinajstić information content (AvgIpc) is 2.38. The van der Waals surface area contributed by atoms with E-state index in [1.807, 2.05) is 0 Å². The quantitative estimate of drug-likeness (QED) is 0.920. The van der Waals surface area contributed by atoms with E-state index in [0.717, 1.165) is 12.5 Å². The van der Waals surface area contributed by atoms with Crippen molar-refractivity contribution in [2.75, 3.05) is 0 Å². The molecule has 0 bridgehead atoms. The molecule has 0 saturated carbocycles. The van der Waals surface area contributed by atoms with Gasteiger partial charge in [-0.2, -0.15) is 8.78 Å². The molecule has 7 heteroatoms. The van der Waals surface area contributed by atoms with E-state index in [1.165, 1.54) is 18.2 Å². The highest BCUT2D eigenvalue weighted by Gasteiger charge is 2.18. The highest BCUT2D eigenvalue weighted by Crippen LogP contribution is 2.31. The Labute approximate surface area is 106 Å². The van der Waals surface area contributed by atoms with Gasteiger partial charge in [-0.1, -0.05) is 12.1 Å². The second kappa shape index (κ2) is 5.38.